The van der Waals surface area contributed by atoms with Crippen LogP contribution in [0.25, 0.3) is 0 Å². The fraction of sp³-hybridized carbons (Fsp3) is 0.429. The first-order valence-corrected chi connectivity index (χ1v) is 9.55. The zero-order valence-corrected chi connectivity index (χ0v) is 18.3. The van der Waals surface area contributed by atoms with E-state index >= 15 is 0 Å². The fourth-order valence-corrected chi connectivity index (χ4v) is 2.81. The maximum absolute atomic E-state index is 13.4. The number of rotatable bonds is 8. The number of ether oxygens (including phenoxy) is 2. The molecule has 0 fully saturated rings. The first-order valence-electron chi connectivity index (χ1n) is 9.55. The van der Waals surface area contributed by atoms with Crippen LogP contribution in [0.2, 0.25) is 0 Å². The number of benzene rings is 1. The monoisotopic (exact) mass is 470 g/mol. The van der Waals surface area contributed by atoms with Crippen molar-refractivity contribution in [3.05, 3.63) is 47.5 Å². The van der Waals surface area contributed by atoms with Crippen molar-refractivity contribution in [1.29, 1.82) is 5.26 Å². The van der Waals surface area contributed by atoms with Gasteiger partial charge in [-0.25, -0.2) is 4.39 Å². The largest absolute Gasteiger partial charge is 0.469 e. The highest BCUT2D eigenvalue weighted by atomic mass is 19.4. The van der Waals surface area contributed by atoms with E-state index in [9.17, 15) is 27.2 Å². The van der Waals surface area contributed by atoms with Crippen molar-refractivity contribution >= 4 is 17.6 Å². The molecule has 8 nitrogen and oxygen atoms in total. The van der Waals surface area contributed by atoms with Gasteiger partial charge in [0, 0.05) is 5.69 Å². The van der Waals surface area contributed by atoms with Gasteiger partial charge >= 0.3 is 12.1 Å². The number of amides is 1. The molecule has 0 saturated heterocycles. The number of nitrogens with one attached hydrogen (secondary N) is 1. The maximum Gasteiger partial charge on any atom is 0.417 e. The minimum atomic E-state index is -4.82. The van der Waals surface area contributed by atoms with Crippen molar-refractivity contribution < 1.29 is 36.6 Å². The van der Waals surface area contributed by atoms with E-state index in [2.05, 4.69) is 10.4 Å². The molecule has 12 heteroatoms. The van der Waals surface area contributed by atoms with E-state index in [1.807, 2.05) is 0 Å². The Bertz CT molecular complexity index is 1070. The fourth-order valence-electron chi connectivity index (χ4n) is 2.81. The van der Waals surface area contributed by atoms with Crippen LogP contribution in [0.5, 0.6) is 0 Å². The molecular formula is C21H22F4N4O4. The van der Waals surface area contributed by atoms with Crippen LogP contribution >= 0.6 is 0 Å². The average molecular weight is 470 g/mol. The topological polar surface area (TPSA) is 106 Å². The predicted octanol–water partition coefficient (Wildman–Crippen LogP) is 3.53. The van der Waals surface area contributed by atoms with Crippen LogP contribution in [0, 0.1) is 22.6 Å². The van der Waals surface area contributed by atoms with Crippen LogP contribution in [-0.4, -0.2) is 41.0 Å². The first kappa shape index (κ1) is 25.8. The molecule has 2 rings (SSSR count). The summed E-state index contributed by atoms with van der Waals surface area (Å²) in [6.07, 6.45) is -2.90. The highest BCUT2D eigenvalue weighted by Gasteiger charge is 2.40. The number of carbonyl (C=O) groups is 2. The molecule has 1 amide bonds. The van der Waals surface area contributed by atoms with Crippen LogP contribution in [0.15, 0.2) is 30.6 Å². The smallest absolute Gasteiger partial charge is 0.417 e. The molecule has 0 spiro atoms. The summed E-state index contributed by atoms with van der Waals surface area (Å²) in [7, 11) is 1.19. The predicted molar refractivity (Wildman–Crippen MR) is 107 cm³/mol. The number of nitrogens with zero attached hydrogens (tertiary/aromatic N) is 3. The number of carbonyl (C=O) groups excluding carboxylic acids is 2. The molecule has 1 N–H and O–H groups in total. The summed E-state index contributed by atoms with van der Waals surface area (Å²) in [6.45, 7) is 3.74. The van der Waals surface area contributed by atoms with Crippen molar-refractivity contribution in [2.75, 3.05) is 19.0 Å². The third-order valence-electron chi connectivity index (χ3n) is 4.74. The number of halogens is 4. The Balaban J connectivity index is 2.35. The van der Waals surface area contributed by atoms with Crippen molar-refractivity contribution in [3.8, 4) is 6.07 Å². The molecule has 0 aliphatic heterocycles. The van der Waals surface area contributed by atoms with Crippen molar-refractivity contribution in [2.45, 2.75) is 39.1 Å². The van der Waals surface area contributed by atoms with Gasteiger partial charge in [0.05, 0.1) is 55.3 Å². The molecule has 1 aromatic heterocycles. The number of methoxy groups -OCH3 is 1. The van der Waals surface area contributed by atoms with Gasteiger partial charge < -0.3 is 14.8 Å². The molecule has 1 atom stereocenters. The van der Waals surface area contributed by atoms with Crippen LogP contribution in [-0.2, 0) is 31.8 Å². The highest BCUT2D eigenvalue weighted by Crippen LogP contribution is 2.34. The van der Waals surface area contributed by atoms with Crippen molar-refractivity contribution in [2.24, 2.45) is 5.41 Å². The molecule has 33 heavy (non-hydrogen) atoms. The summed E-state index contributed by atoms with van der Waals surface area (Å²) in [5, 5.41) is 15.0. The van der Waals surface area contributed by atoms with E-state index in [1.54, 1.807) is 0 Å². The molecule has 0 radical (unpaired) electrons. The molecule has 1 aromatic carbocycles. The zero-order valence-electron chi connectivity index (χ0n) is 18.3. The second-order valence-electron chi connectivity index (χ2n) is 8.08. The third kappa shape index (κ3) is 6.29. The minimum Gasteiger partial charge on any atom is -0.469 e. The Labute approximate surface area is 187 Å². The Morgan fingerprint density at radius 3 is 2.42 bits per heavy atom. The van der Waals surface area contributed by atoms with Gasteiger partial charge in [-0.1, -0.05) is 0 Å². The van der Waals surface area contributed by atoms with Gasteiger partial charge in [-0.3, -0.25) is 14.3 Å². The molecule has 178 valence electrons. The lowest BCUT2D eigenvalue weighted by molar-refractivity contribution is -0.163. The molecule has 0 aliphatic carbocycles. The quantitative estimate of drug-likeness (QED) is 0.467. The normalized spacial score (nSPS) is 13.7. The van der Waals surface area contributed by atoms with Gasteiger partial charge in [-0.15, -0.1) is 0 Å². The Morgan fingerprint density at radius 2 is 1.91 bits per heavy atom. The van der Waals surface area contributed by atoms with Gasteiger partial charge in [-0.05, 0) is 39.0 Å². The number of esters is 1. The number of anilines is 1. The van der Waals surface area contributed by atoms with E-state index in [1.165, 1.54) is 34.0 Å². The molecule has 0 unspecified atom stereocenters. The Kier molecular flexibility index (Phi) is 7.49. The molecular weight excluding hydrogens is 448 g/mol. The molecule has 2 aromatic rings. The van der Waals surface area contributed by atoms with Crippen molar-refractivity contribution in [1.82, 2.24) is 9.78 Å². The van der Waals surface area contributed by atoms with Gasteiger partial charge in [0.15, 0.2) is 11.4 Å². The lowest BCUT2D eigenvalue weighted by atomic mass is 9.94. The summed E-state index contributed by atoms with van der Waals surface area (Å²) in [5.74, 6) is -2.16. The lowest BCUT2D eigenvalue weighted by Gasteiger charge is -2.32. The van der Waals surface area contributed by atoms with E-state index in [-0.39, 0.29) is 18.8 Å². The summed E-state index contributed by atoms with van der Waals surface area (Å²) in [6, 6.07) is 4.15. The second-order valence-corrected chi connectivity index (χ2v) is 8.08. The Hall–Kier alpha value is -3.46. The van der Waals surface area contributed by atoms with Gasteiger partial charge in [0.25, 0.3) is 5.91 Å². The first-order chi connectivity index (χ1) is 15.2. The van der Waals surface area contributed by atoms with E-state index in [4.69, 9.17) is 14.7 Å². The van der Waals surface area contributed by atoms with Gasteiger partial charge in [0.2, 0.25) is 0 Å². The molecule has 1 heterocycles. The number of aromatic nitrogens is 2. The third-order valence-corrected chi connectivity index (χ3v) is 4.74. The molecule has 0 aliphatic rings. The number of hydrogen-bond donors (Lipinski definition) is 1. The number of alkyl halides is 3. The van der Waals surface area contributed by atoms with Gasteiger partial charge in [-0.2, -0.15) is 23.5 Å². The summed E-state index contributed by atoms with van der Waals surface area (Å²) < 4.78 is 64.7. The van der Waals surface area contributed by atoms with E-state index in [0.717, 1.165) is 29.2 Å². The summed E-state index contributed by atoms with van der Waals surface area (Å²) in [4.78, 5) is 25.0. The highest BCUT2D eigenvalue weighted by molar-refractivity contribution is 5.97. The number of hydrogen-bond acceptors (Lipinski definition) is 6. The lowest BCUT2D eigenvalue weighted by Crippen LogP contribution is -2.49. The SMILES string of the molecule is COC(=O)C(C)(C)CO[C@@](C)(Cn1cc(F)cn1)C(=O)Nc1ccc(C#N)c(C(F)(F)F)c1. The standard InChI is InChI=1S/C21H22F4N4O4/c1-19(2,18(31)32-4)12-33-20(3,11-29-10-14(22)9-27-29)17(30)28-15-6-5-13(8-26)16(7-15)21(23,24)25/h5-7,9-10H,11-12H2,1-4H3,(H,28,30)/t20-/m0/s1. The van der Waals surface area contributed by atoms with Gasteiger partial charge in [0.1, 0.15) is 0 Å². The molecule has 0 bridgehead atoms. The average Bonchev–Trinajstić information content (AvgIpc) is 3.15. The van der Waals surface area contributed by atoms with Crippen LogP contribution in [0.1, 0.15) is 31.9 Å². The van der Waals surface area contributed by atoms with Crippen LogP contribution in [0.4, 0.5) is 23.2 Å². The second kappa shape index (κ2) is 9.58. The van der Waals surface area contributed by atoms with Crippen LogP contribution in [0.3, 0.4) is 0 Å². The Morgan fingerprint density at radius 1 is 1.24 bits per heavy atom. The maximum atomic E-state index is 13.4. The van der Waals surface area contributed by atoms with Crippen LogP contribution < -0.4 is 5.32 Å². The van der Waals surface area contributed by atoms with E-state index in [0.29, 0.717) is 6.07 Å². The summed E-state index contributed by atoms with van der Waals surface area (Å²) >= 11 is 0. The zero-order chi connectivity index (χ0) is 25.0. The summed E-state index contributed by atoms with van der Waals surface area (Å²) in [5.41, 5.74) is -5.00. The minimum absolute atomic E-state index is 0.236. The molecule has 0 saturated carbocycles. The number of nitriles is 1. The van der Waals surface area contributed by atoms with E-state index < -0.39 is 46.0 Å². The van der Waals surface area contributed by atoms with Crippen molar-refractivity contribution in [3.63, 3.8) is 0 Å².